The van der Waals surface area contributed by atoms with Gasteiger partial charge in [0.2, 0.25) is 0 Å². The predicted molar refractivity (Wildman–Crippen MR) is 118 cm³/mol. The van der Waals surface area contributed by atoms with Crippen LogP contribution in [0.15, 0.2) is 36.5 Å². The van der Waals surface area contributed by atoms with Crippen molar-refractivity contribution in [3.8, 4) is 17.2 Å². The summed E-state index contributed by atoms with van der Waals surface area (Å²) in [5.74, 6) is -0.470. The van der Waals surface area contributed by atoms with Crippen molar-refractivity contribution in [3.63, 3.8) is 0 Å². The molecule has 0 aliphatic rings. The molecule has 1 unspecified atom stereocenters. The fourth-order valence-corrected chi connectivity index (χ4v) is 3.22. The highest BCUT2D eigenvalue weighted by atomic mass is 32.1. The first kappa shape index (κ1) is 24.3. The zero-order valence-corrected chi connectivity index (χ0v) is 18.9. The Bertz CT molecular complexity index is 907. The van der Waals surface area contributed by atoms with Crippen LogP contribution in [0.25, 0.3) is 0 Å². The number of carbonyl (C=O) groups is 1. The first-order valence-corrected chi connectivity index (χ1v) is 10.2. The monoisotopic (exact) mass is 450 g/mol. The molecule has 7 nitrogen and oxygen atoms in total. The Morgan fingerprint density at radius 2 is 1.81 bits per heavy atom. The normalized spacial score (nSPS) is 13.8. The highest BCUT2D eigenvalue weighted by Gasteiger charge is 2.29. The largest absolute Gasteiger partial charge is 0.503 e. The van der Waals surface area contributed by atoms with Gasteiger partial charge in [0, 0.05) is 12.3 Å². The lowest BCUT2D eigenvalue weighted by atomic mass is 10.0. The minimum absolute atomic E-state index is 0.0392. The third-order valence-corrected chi connectivity index (χ3v) is 4.84. The molecule has 3 atom stereocenters. The number of benzene rings is 1. The van der Waals surface area contributed by atoms with E-state index in [2.05, 4.69) is 10.3 Å². The van der Waals surface area contributed by atoms with Crippen molar-refractivity contribution in [3.05, 3.63) is 48.0 Å². The van der Waals surface area contributed by atoms with E-state index in [0.717, 1.165) is 0 Å². The zero-order valence-electron chi connectivity index (χ0n) is 18.1. The van der Waals surface area contributed by atoms with Gasteiger partial charge in [-0.1, -0.05) is 26.1 Å². The first-order chi connectivity index (χ1) is 14.6. The number of carbonyl (C=O) groups excluding carboxylic acids is 1. The van der Waals surface area contributed by atoms with Gasteiger partial charge in [-0.3, -0.25) is 0 Å². The minimum Gasteiger partial charge on any atom is -0.503 e. The van der Waals surface area contributed by atoms with Crippen LogP contribution in [0.1, 0.15) is 33.4 Å². The van der Waals surface area contributed by atoms with Crippen LogP contribution in [0.3, 0.4) is 0 Å². The van der Waals surface area contributed by atoms with Crippen molar-refractivity contribution >= 4 is 23.2 Å². The third kappa shape index (κ3) is 6.52. The average molecular weight is 451 g/mol. The number of halogens is 1. The summed E-state index contributed by atoms with van der Waals surface area (Å²) in [4.78, 5) is 16.8. The SMILES string of the molecule is COc1ccnc(C(=S)N[C@@H](C)C(=O)OC(C(C)C)[C@H](C)Oc2ccc(F)cc2)c1O. The second-order valence-corrected chi connectivity index (χ2v) is 7.74. The van der Waals surface area contributed by atoms with Crippen LogP contribution >= 0.6 is 12.2 Å². The molecule has 0 spiro atoms. The number of rotatable bonds is 9. The summed E-state index contributed by atoms with van der Waals surface area (Å²) in [7, 11) is 1.41. The van der Waals surface area contributed by atoms with Crippen molar-refractivity contribution in [1.29, 1.82) is 0 Å². The number of thiocarbonyl (C=S) groups is 1. The summed E-state index contributed by atoms with van der Waals surface area (Å²) in [6.07, 6.45) is 0.407. The van der Waals surface area contributed by atoms with E-state index in [4.69, 9.17) is 26.4 Å². The average Bonchev–Trinajstić information content (AvgIpc) is 2.73. The molecule has 0 aliphatic heterocycles. The molecular formula is C22H27FN2O5S. The van der Waals surface area contributed by atoms with Crippen molar-refractivity contribution in [2.45, 2.75) is 45.9 Å². The molecule has 0 saturated carbocycles. The lowest BCUT2D eigenvalue weighted by Gasteiger charge is -2.29. The van der Waals surface area contributed by atoms with Crippen molar-refractivity contribution in [2.24, 2.45) is 5.92 Å². The topological polar surface area (TPSA) is 89.9 Å². The van der Waals surface area contributed by atoms with Gasteiger partial charge in [0.15, 0.2) is 11.5 Å². The Balaban J connectivity index is 2.02. The molecule has 9 heteroatoms. The van der Waals surface area contributed by atoms with Gasteiger partial charge in [0.1, 0.15) is 40.5 Å². The summed E-state index contributed by atoms with van der Waals surface area (Å²) in [6, 6.07) is 6.32. The molecular weight excluding hydrogens is 423 g/mol. The lowest BCUT2D eigenvalue weighted by molar-refractivity contribution is -0.158. The fraction of sp³-hybridized carbons (Fsp3) is 0.409. The summed E-state index contributed by atoms with van der Waals surface area (Å²) in [5.41, 5.74) is 0.0995. The maximum atomic E-state index is 13.1. The molecule has 2 N–H and O–H groups in total. The molecule has 0 bridgehead atoms. The third-order valence-electron chi connectivity index (χ3n) is 4.53. The van der Waals surface area contributed by atoms with Gasteiger partial charge >= 0.3 is 5.97 Å². The smallest absolute Gasteiger partial charge is 0.328 e. The Morgan fingerprint density at radius 3 is 2.39 bits per heavy atom. The Hall–Kier alpha value is -2.94. The van der Waals surface area contributed by atoms with Gasteiger partial charge in [-0.25, -0.2) is 14.2 Å². The van der Waals surface area contributed by atoms with Crippen LogP contribution in [0.4, 0.5) is 4.39 Å². The van der Waals surface area contributed by atoms with E-state index < -0.39 is 24.2 Å². The van der Waals surface area contributed by atoms with Gasteiger partial charge in [-0.2, -0.15) is 0 Å². The number of pyridine rings is 1. The number of esters is 1. The summed E-state index contributed by atoms with van der Waals surface area (Å²) in [5, 5.41) is 13.0. The van der Waals surface area contributed by atoms with Crippen LogP contribution in [0.2, 0.25) is 0 Å². The van der Waals surface area contributed by atoms with E-state index in [9.17, 15) is 14.3 Å². The van der Waals surface area contributed by atoms with Gasteiger partial charge in [0.05, 0.1) is 7.11 Å². The molecule has 2 rings (SSSR count). The van der Waals surface area contributed by atoms with Crippen molar-refractivity contribution in [1.82, 2.24) is 10.3 Å². The van der Waals surface area contributed by atoms with E-state index in [1.165, 1.54) is 43.6 Å². The molecule has 1 aromatic heterocycles. The van der Waals surface area contributed by atoms with Crippen LogP contribution in [0.5, 0.6) is 17.2 Å². The number of hydrogen-bond donors (Lipinski definition) is 2. The number of ether oxygens (including phenoxy) is 3. The number of methoxy groups -OCH3 is 1. The number of hydrogen-bond acceptors (Lipinski definition) is 7. The molecule has 0 saturated heterocycles. The standard InChI is InChI=1S/C22H27FN2O5S/c1-12(2)20(14(4)29-16-8-6-15(23)7-9-16)30-22(27)13(3)25-21(31)18-19(26)17(28-5)10-11-24-18/h6-14,20,26H,1-5H3,(H,25,31)/t13-,14-,20?/m0/s1. The molecule has 0 amide bonds. The second kappa shape index (κ2) is 10.9. The minimum atomic E-state index is -0.806. The molecule has 1 aromatic carbocycles. The molecule has 2 aromatic rings. The van der Waals surface area contributed by atoms with Crippen LogP contribution < -0.4 is 14.8 Å². The molecule has 1 heterocycles. The highest BCUT2D eigenvalue weighted by molar-refractivity contribution is 7.80. The van der Waals surface area contributed by atoms with Gasteiger partial charge in [-0.15, -0.1) is 0 Å². The molecule has 0 fully saturated rings. The van der Waals surface area contributed by atoms with E-state index in [-0.39, 0.29) is 33.9 Å². The van der Waals surface area contributed by atoms with E-state index in [1.54, 1.807) is 13.8 Å². The zero-order chi connectivity index (χ0) is 23.1. The van der Waals surface area contributed by atoms with Crippen molar-refractivity contribution in [2.75, 3.05) is 7.11 Å². The quantitative estimate of drug-likeness (QED) is 0.442. The Morgan fingerprint density at radius 1 is 1.16 bits per heavy atom. The number of nitrogens with one attached hydrogen (secondary N) is 1. The van der Waals surface area contributed by atoms with E-state index in [0.29, 0.717) is 5.75 Å². The Kier molecular flexibility index (Phi) is 8.56. The maximum Gasteiger partial charge on any atom is 0.328 e. The fourth-order valence-electron chi connectivity index (χ4n) is 2.90. The lowest BCUT2D eigenvalue weighted by Crippen LogP contribution is -2.44. The van der Waals surface area contributed by atoms with Crippen LogP contribution in [0, 0.1) is 11.7 Å². The van der Waals surface area contributed by atoms with E-state index in [1.807, 2.05) is 13.8 Å². The molecule has 0 radical (unpaired) electrons. The first-order valence-electron chi connectivity index (χ1n) is 9.79. The Labute approximate surface area is 186 Å². The molecule has 0 aliphatic carbocycles. The van der Waals surface area contributed by atoms with Crippen LogP contribution in [-0.2, 0) is 9.53 Å². The van der Waals surface area contributed by atoms with Crippen LogP contribution in [-0.4, -0.2) is 46.4 Å². The number of aromatic hydroxyl groups is 1. The van der Waals surface area contributed by atoms with E-state index >= 15 is 0 Å². The highest BCUT2D eigenvalue weighted by Crippen LogP contribution is 2.27. The molecule has 168 valence electrons. The van der Waals surface area contributed by atoms with Gasteiger partial charge in [-0.05, 0) is 44.0 Å². The number of aromatic nitrogens is 1. The summed E-state index contributed by atoms with van der Waals surface area (Å²) < 4.78 is 29.6. The summed E-state index contributed by atoms with van der Waals surface area (Å²) in [6.45, 7) is 7.18. The summed E-state index contributed by atoms with van der Waals surface area (Å²) >= 11 is 5.27. The van der Waals surface area contributed by atoms with Gasteiger partial charge in [0.25, 0.3) is 0 Å². The molecule has 31 heavy (non-hydrogen) atoms. The van der Waals surface area contributed by atoms with Crippen molar-refractivity contribution < 1.29 is 28.5 Å². The predicted octanol–water partition coefficient (Wildman–Crippen LogP) is 3.62. The second-order valence-electron chi connectivity index (χ2n) is 7.33. The number of nitrogens with zero attached hydrogens (tertiary/aromatic N) is 1. The maximum absolute atomic E-state index is 13.1. The van der Waals surface area contributed by atoms with Gasteiger partial charge < -0.3 is 24.6 Å².